The molecule has 26 heavy (non-hydrogen) atoms. The van der Waals surface area contributed by atoms with Gasteiger partial charge >= 0.3 is 6.09 Å². The Balaban J connectivity index is 1.32. The average Bonchev–Trinajstić information content (AvgIpc) is 3.20. The summed E-state index contributed by atoms with van der Waals surface area (Å²) >= 11 is 0. The molecule has 0 atom stereocenters. The third kappa shape index (κ3) is 3.64. The normalized spacial score (nSPS) is 17.6. The first-order valence-electron chi connectivity index (χ1n) is 8.84. The Morgan fingerprint density at radius 1 is 1.08 bits per heavy atom. The molecule has 1 aromatic carbocycles. The van der Waals surface area contributed by atoms with Gasteiger partial charge < -0.3 is 9.64 Å². The Kier molecular flexibility index (Phi) is 4.73. The van der Waals surface area contributed by atoms with Crippen LogP contribution in [0, 0.1) is 5.92 Å². The summed E-state index contributed by atoms with van der Waals surface area (Å²) in [5.41, 5.74) is 2.18. The first-order valence-corrected chi connectivity index (χ1v) is 8.84. The highest BCUT2D eigenvalue weighted by atomic mass is 16.6. The number of hydrogen-bond donors (Lipinski definition) is 0. The number of benzene rings is 1. The van der Waals surface area contributed by atoms with E-state index in [1.165, 1.54) is 0 Å². The number of nitrogens with zero attached hydrogens (tertiary/aromatic N) is 4. The Bertz CT molecular complexity index is 825. The molecule has 1 fully saturated rings. The summed E-state index contributed by atoms with van der Waals surface area (Å²) in [6, 6.07) is 13.5. The van der Waals surface area contributed by atoms with Crippen molar-refractivity contribution >= 4 is 17.6 Å². The van der Waals surface area contributed by atoms with Gasteiger partial charge in [0.25, 0.3) is 0 Å². The summed E-state index contributed by atoms with van der Waals surface area (Å²) in [5, 5.41) is 0. The summed E-state index contributed by atoms with van der Waals surface area (Å²) in [6.45, 7) is 2.00. The van der Waals surface area contributed by atoms with Gasteiger partial charge in [0.1, 0.15) is 0 Å². The molecular formula is C20H20N4O2. The van der Waals surface area contributed by atoms with E-state index in [4.69, 9.17) is 9.73 Å². The molecule has 1 amide bonds. The van der Waals surface area contributed by atoms with Gasteiger partial charge in [0.2, 0.25) is 0 Å². The van der Waals surface area contributed by atoms with Crippen LogP contribution < -0.4 is 4.74 Å². The first-order chi connectivity index (χ1) is 12.8. The van der Waals surface area contributed by atoms with Crippen LogP contribution in [-0.2, 0) is 0 Å². The number of rotatable bonds is 3. The number of piperidine rings is 1. The summed E-state index contributed by atoms with van der Waals surface area (Å²) < 4.78 is 5.36. The SMILES string of the molecule is O=C(Oc1cccnc1)N1CCC(C2=NC(c3ccccc3)=NC2)CC1. The molecule has 2 aliphatic heterocycles. The van der Waals surface area contributed by atoms with E-state index < -0.39 is 0 Å². The maximum Gasteiger partial charge on any atom is 0.415 e. The van der Waals surface area contributed by atoms with E-state index in [-0.39, 0.29) is 6.09 Å². The van der Waals surface area contributed by atoms with Gasteiger partial charge in [-0.15, -0.1) is 0 Å². The zero-order valence-corrected chi connectivity index (χ0v) is 14.4. The number of aromatic nitrogens is 1. The molecule has 0 aliphatic carbocycles. The van der Waals surface area contributed by atoms with Crippen molar-refractivity contribution in [1.82, 2.24) is 9.88 Å². The number of aliphatic imine (C=N–C) groups is 2. The van der Waals surface area contributed by atoms with E-state index in [0.717, 1.165) is 30.0 Å². The van der Waals surface area contributed by atoms with Crippen LogP contribution in [0.15, 0.2) is 64.8 Å². The van der Waals surface area contributed by atoms with Crippen LogP contribution in [0.2, 0.25) is 0 Å². The fourth-order valence-corrected chi connectivity index (χ4v) is 3.29. The molecule has 1 saturated heterocycles. The third-order valence-electron chi connectivity index (χ3n) is 4.74. The van der Waals surface area contributed by atoms with E-state index in [1.807, 2.05) is 30.3 Å². The lowest BCUT2D eigenvalue weighted by Crippen LogP contribution is -2.41. The highest BCUT2D eigenvalue weighted by molar-refractivity contribution is 6.12. The van der Waals surface area contributed by atoms with Crippen molar-refractivity contribution in [1.29, 1.82) is 0 Å². The van der Waals surface area contributed by atoms with E-state index in [1.54, 1.807) is 29.4 Å². The third-order valence-corrected chi connectivity index (χ3v) is 4.74. The zero-order chi connectivity index (χ0) is 17.8. The Morgan fingerprint density at radius 2 is 1.88 bits per heavy atom. The molecule has 6 nitrogen and oxygen atoms in total. The number of ether oxygens (including phenoxy) is 1. The standard InChI is InChI=1S/C20H20N4O2/c25-20(26-17-7-4-10-21-13-17)24-11-8-15(9-12-24)18-14-22-19(23-18)16-5-2-1-3-6-16/h1-7,10,13,15H,8-9,11-12,14H2. The van der Waals surface area contributed by atoms with E-state index in [0.29, 0.717) is 31.3 Å². The predicted octanol–water partition coefficient (Wildman–Crippen LogP) is 3.19. The maximum atomic E-state index is 12.3. The molecule has 0 unspecified atom stereocenters. The minimum Gasteiger partial charge on any atom is -0.409 e. The quantitative estimate of drug-likeness (QED) is 0.855. The summed E-state index contributed by atoms with van der Waals surface area (Å²) in [4.78, 5) is 27.3. The van der Waals surface area contributed by atoms with Gasteiger partial charge in [0, 0.05) is 36.5 Å². The molecule has 0 saturated carbocycles. The summed E-state index contributed by atoms with van der Waals surface area (Å²) in [6.07, 6.45) is 4.65. The van der Waals surface area contributed by atoms with Crippen LogP contribution >= 0.6 is 0 Å². The van der Waals surface area contributed by atoms with Crippen molar-refractivity contribution in [3.05, 3.63) is 60.4 Å². The van der Waals surface area contributed by atoms with E-state index in [9.17, 15) is 4.79 Å². The van der Waals surface area contributed by atoms with Gasteiger partial charge in [-0.05, 0) is 25.0 Å². The van der Waals surface area contributed by atoms with Crippen molar-refractivity contribution in [2.75, 3.05) is 19.6 Å². The molecule has 0 bridgehead atoms. The second-order valence-electron chi connectivity index (χ2n) is 6.43. The smallest absolute Gasteiger partial charge is 0.409 e. The topological polar surface area (TPSA) is 67.2 Å². The van der Waals surface area contributed by atoms with Crippen LogP contribution in [0.25, 0.3) is 0 Å². The fourth-order valence-electron chi connectivity index (χ4n) is 3.29. The number of carbonyl (C=O) groups is 1. The molecule has 6 heteroatoms. The lowest BCUT2D eigenvalue weighted by molar-refractivity contribution is 0.137. The molecule has 0 spiro atoms. The van der Waals surface area contributed by atoms with Crippen molar-refractivity contribution in [3.8, 4) is 5.75 Å². The van der Waals surface area contributed by atoms with E-state index >= 15 is 0 Å². The van der Waals surface area contributed by atoms with Crippen molar-refractivity contribution in [2.45, 2.75) is 12.8 Å². The summed E-state index contributed by atoms with van der Waals surface area (Å²) in [7, 11) is 0. The van der Waals surface area contributed by atoms with Gasteiger partial charge in [0.05, 0.1) is 12.7 Å². The summed E-state index contributed by atoms with van der Waals surface area (Å²) in [5.74, 6) is 1.67. The van der Waals surface area contributed by atoms with Gasteiger partial charge in [-0.1, -0.05) is 30.3 Å². The first kappa shape index (κ1) is 16.4. The molecule has 0 radical (unpaired) electrons. The molecule has 132 valence electrons. The van der Waals surface area contributed by atoms with Gasteiger partial charge in [-0.2, -0.15) is 0 Å². The number of amidine groups is 1. The minimum atomic E-state index is -0.314. The van der Waals surface area contributed by atoms with Crippen LogP contribution in [0.4, 0.5) is 4.79 Å². The maximum absolute atomic E-state index is 12.3. The lowest BCUT2D eigenvalue weighted by atomic mass is 9.92. The fraction of sp³-hybridized carbons (Fsp3) is 0.300. The largest absolute Gasteiger partial charge is 0.415 e. The molecular weight excluding hydrogens is 328 g/mol. The van der Waals surface area contributed by atoms with Crippen molar-refractivity contribution in [3.63, 3.8) is 0 Å². The highest BCUT2D eigenvalue weighted by Crippen LogP contribution is 2.23. The predicted molar refractivity (Wildman–Crippen MR) is 99.8 cm³/mol. The Morgan fingerprint density at radius 3 is 2.62 bits per heavy atom. The Labute approximate surface area is 152 Å². The van der Waals surface area contributed by atoms with Crippen LogP contribution in [0.1, 0.15) is 18.4 Å². The number of carbonyl (C=O) groups excluding carboxylic acids is 1. The van der Waals surface area contributed by atoms with Crippen LogP contribution in [-0.4, -0.2) is 47.2 Å². The molecule has 2 aromatic rings. The van der Waals surface area contributed by atoms with Gasteiger partial charge in [-0.25, -0.2) is 9.79 Å². The van der Waals surface area contributed by atoms with E-state index in [2.05, 4.69) is 9.98 Å². The highest BCUT2D eigenvalue weighted by Gasteiger charge is 2.28. The molecule has 2 aliphatic rings. The number of pyridine rings is 1. The van der Waals surface area contributed by atoms with Crippen molar-refractivity contribution < 1.29 is 9.53 Å². The van der Waals surface area contributed by atoms with Crippen LogP contribution in [0.5, 0.6) is 5.75 Å². The zero-order valence-electron chi connectivity index (χ0n) is 14.4. The molecule has 3 heterocycles. The van der Waals surface area contributed by atoms with Crippen molar-refractivity contribution in [2.24, 2.45) is 15.9 Å². The Hall–Kier alpha value is -3.02. The lowest BCUT2D eigenvalue weighted by Gasteiger charge is -2.31. The molecule has 1 aromatic heterocycles. The number of hydrogen-bond acceptors (Lipinski definition) is 5. The molecule has 0 N–H and O–H groups in total. The number of amides is 1. The average molecular weight is 348 g/mol. The van der Waals surface area contributed by atoms with Crippen LogP contribution in [0.3, 0.4) is 0 Å². The second-order valence-corrected chi connectivity index (χ2v) is 6.43. The van der Waals surface area contributed by atoms with Gasteiger partial charge in [0.15, 0.2) is 11.6 Å². The minimum absolute atomic E-state index is 0.314. The van der Waals surface area contributed by atoms with Gasteiger partial charge in [-0.3, -0.25) is 9.98 Å². The molecule has 4 rings (SSSR count). The number of likely N-dealkylation sites (tertiary alicyclic amines) is 1. The monoisotopic (exact) mass is 348 g/mol. The second kappa shape index (κ2) is 7.47.